The molecule has 1 saturated carbocycles. The summed E-state index contributed by atoms with van der Waals surface area (Å²) < 4.78 is 19.1. The van der Waals surface area contributed by atoms with Gasteiger partial charge in [-0.1, -0.05) is 6.07 Å². The van der Waals surface area contributed by atoms with Gasteiger partial charge in [-0.05, 0) is 62.6 Å². The molecule has 0 radical (unpaired) electrons. The summed E-state index contributed by atoms with van der Waals surface area (Å²) >= 11 is 0. The van der Waals surface area contributed by atoms with E-state index in [0.29, 0.717) is 6.04 Å². The normalized spacial score (nSPS) is 45.4. The number of rotatable bonds is 3. The van der Waals surface area contributed by atoms with Gasteiger partial charge in [0.2, 0.25) is 0 Å². The molecule has 4 heteroatoms. The van der Waals surface area contributed by atoms with Gasteiger partial charge < -0.3 is 14.2 Å². The lowest BCUT2D eigenvalue weighted by molar-refractivity contribution is -0.122. The lowest BCUT2D eigenvalue weighted by atomic mass is 9.51. The van der Waals surface area contributed by atoms with Crippen molar-refractivity contribution in [2.24, 2.45) is 5.92 Å². The minimum absolute atomic E-state index is 0.0138. The Morgan fingerprint density at radius 2 is 2.16 bits per heavy atom. The molecule has 0 aromatic heterocycles. The van der Waals surface area contributed by atoms with Crippen LogP contribution in [-0.2, 0) is 16.6 Å². The zero-order chi connectivity index (χ0) is 16.4. The Morgan fingerprint density at radius 1 is 1.24 bits per heavy atom. The smallest absolute Gasteiger partial charge is 0.166 e. The second-order valence-corrected chi connectivity index (χ2v) is 9.13. The van der Waals surface area contributed by atoms with Crippen LogP contribution in [0.3, 0.4) is 0 Å². The molecule has 1 aromatic carbocycles. The van der Waals surface area contributed by atoms with Gasteiger partial charge in [-0.15, -0.1) is 0 Å². The number of piperidine rings is 1. The van der Waals surface area contributed by atoms with Gasteiger partial charge in [0.1, 0.15) is 6.10 Å². The summed E-state index contributed by atoms with van der Waals surface area (Å²) in [7, 11) is 1.76. The molecular weight excluding hydrogens is 314 g/mol. The lowest BCUT2D eigenvalue weighted by Crippen LogP contribution is -2.71. The summed E-state index contributed by atoms with van der Waals surface area (Å²) in [4.78, 5) is 2.79. The van der Waals surface area contributed by atoms with Crippen LogP contribution in [0, 0.1) is 5.92 Å². The van der Waals surface area contributed by atoms with Crippen molar-refractivity contribution in [3.8, 4) is 11.5 Å². The van der Waals surface area contributed by atoms with E-state index in [4.69, 9.17) is 14.2 Å². The Bertz CT molecular complexity index is 790. The molecule has 2 aliphatic carbocycles. The van der Waals surface area contributed by atoms with Crippen molar-refractivity contribution in [1.82, 2.24) is 4.90 Å². The van der Waals surface area contributed by atoms with Crippen LogP contribution in [0.5, 0.6) is 11.5 Å². The summed E-state index contributed by atoms with van der Waals surface area (Å²) in [5.74, 6) is 2.89. The molecule has 4 nitrogen and oxygen atoms in total. The van der Waals surface area contributed by atoms with Crippen molar-refractivity contribution in [2.45, 2.75) is 67.8 Å². The van der Waals surface area contributed by atoms with Crippen LogP contribution in [0.4, 0.5) is 0 Å². The molecule has 4 aliphatic heterocycles. The van der Waals surface area contributed by atoms with Gasteiger partial charge in [-0.25, -0.2) is 0 Å². The number of methoxy groups -OCH3 is 1. The molecule has 1 unspecified atom stereocenters. The van der Waals surface area contributed by atoms with Crippen molar-refractivity contribution in [1.29, 1.82) is 0 Å². The van der Waals surface area contributed by atoms with Crippen molar-refractivity contribution in [3.63, 3.8) is 0 Å². The fraction of sp³-hybridized carbons (Fsp3) is 0.714. The van der Waals surface area contributed by atoms with Crippen LogP contribution in [0.25, 0.3) is 0 Å². The largest absolute Gasteiger partial charge is 0.493 e. The number of benzene rings is 1. The summed E-state index contributed by atoms with van der Waals surface area (Å²) in [5.41, 5.74) is 3.02. The van der Waals surface area contributed by atoms with Crippen molar-refractivity contribution in [3.05, 3.63) is 23.3 Å². The topological polar surface area (TPSA) is 30.9 Å². The molecule has 0 N–H and O–H groups in total. The molecule has 0 amide bonds. The molecule has 3 saturated heterocycles. The fourth-order valence-electron chi connectivity index (χ4n) is 7.19. The first-order chi connectivity index (χ1) is 12.3. The van der Waals surface area contributed by atoms with E-state index in [1.807, 2.05) is 0 Å². The average Bonchev–Trinajstić information content (AvgIpc) is 3.11. The van der Waals surface area contributed by atoms with E-state index in [1.165, 1.54) is 49.9 Å². The van der Waals surface area contributed by atoms with E-state index in [-0.39, 0.29) is 23.2 Å². The van der Waals surface area contributed by atoms with Gasteiger partial charge in [0, 0.05) is 18.2 Å². The third-order valence-corrected chi connectivity index (χ3v) is 8.23. The van der Waals surface area contributed by atoms with E-state index in [9.17, 15) is 0 Å². The zero-order valence-corrected chi connectivity index (χ0v) is 14.8. The second-order valence-electron chi connectivity index (χ2n) is 9.13. The zero-order valence-electron chi connectivity index (χ0n) is 14.8. The number of nitrogens with zero attached hydrogens (tertiary/aromatic N) is 1. The Hall–Kier alpha value is -1.26. The number of fused-ring (bicyclic) bond motifs is 2. The molecule has 6 aliphatic rings. The third-order valence-electron chi connectivity index (χ3n) is 8.23. The molecule has 4 fully saturated rings. The monoisotopic (exact) mass is 339 g/mol. The molecule has 5 atom stereocenters. The number of ether oxygens (including phenoxy) is 3. The summed E-state index contributed by atoms with van der Waals surface area (Å²) in [6.07, 6.45) is 7.99. The van der Waals surface area contributed by atoms with Crippen LogP contribution >= 0.6 is 0 Å². The van der Waals surface area contributed by atoms with Gasteiger partial charge >= 0.3 is 0 Å². The van der Waals surface area contributed by atoms with Gasteiger partial charge in [-0.3, -0.25) is 4.90 Å². The molecule has 132 valence electrons. The highest BCUT2D eigenvalue weighted by molar-refractivity contribution is 5.64. The van der Waals surface area contributed by atoms with Gasteiger partial charge in [0.15, 0.2) is 11.5 Å². The first-order valence-corrected chi connectivity index (χ1v) is 10.1. The number of likely N-dealkylation sites (tertiary alicyclic amines) is 1. The number of hydrogen-bond acceptors (Lipinski definition) is 4. The minimum Gasteiger partial charge on any atom is -0.493 e. The molecule has 4 bridgehead atoms. The predicted octanol–water partition coefficient (Wildman–Crippen LogP) is 2.67. The standard InChI is InChI=1S/C21H25NO3/c1-23-14-5-4-13-10-16-21-7-6-15(25-21)19-20(21,17(13)18(14)24-19)8-9-22(16)11-12-2-3-12/h4-5,12,15-16,19H,2-3,6-11H2,1H3/t15-,16-,19?,20+,21-/m0/s1. The van der Waals surface area contributed by atoms with Crippen LogP contribution in [0.1, 0.15) is 43.2 Å². The quantitative estimate of drug-likeness (QED) is 0.847. The second kappa shape index (κ2) is 4.17. The van der Waals surface area contributed by atoms with Crippen LogP contribution < -0.4 is 9.47 Å². The maximum Gasteiger partial charge on any atom is 0.166 e. The van der Waals surface area contributed by atoms with E-state index in [2.05, 4.69) is 17.0 Å². The van der Waals surface area contributed by atoms with Crippen molar-refractivity contribution in [2.75, 3.05) is 20.2 Å². The van der Waals surface area contributed by atoms with E-state index < -0.39 is 0 Å². The van der Waals surface area contributed by atoms with E-state index in [0.717, 1.165) is 30.3 Å². The van der Waals surface area contributed by atoms with Crippen molar-refractivity contribution >= 4 is 0 Å². The molecule has 4 heterocycles. The van der Waals surface area contributed by atoms with Crippen LogP contribution in [0.2, 0.25) is 0 Å². The SMILES string of the molecule is COc1ccc2c3c1OC1[C@@H]4CC[C@]5(O4)[C@H](C2)N(CC2CC2)CC[C@@]315. The highest BCUT2D eigenvalue weighted by atomic mass is 16.6. The maximum atomic E-state index is 6.83. The lowest BCUT2D eigenvalue weighted by Gasteiger charge is -2.59. The van der Waals surface area contributed by atoms with Gasteiger partial charge in [0.05, 0.1) is 24.2 Å². The average molecular weight is 339 g/mol. The number of hydrogen-bond donors (Lipinski definition) is 0. The van der Waals surface area contributed by atoms with Gasteiger partial charge in [0.25, 0.3) is 0 Å². The third kappa shape index (κ3) is 1.36. The Balaban J connectivity index is 1.46. The van der Waals surface area contributed by atoms with E-state index >= 15 is 0 Å². The predicted molar refractivity (Wildman–Crippen MR) is 92.3 cm³/mol. The maximum absolute atomic E-state index is 6.83. The molecule has 25 heavy (non-hydrogen) atoms. The summed E-state index contributed by atoms with van der Waals surface area (Å²) in [5, 5.41) is 0. The minimum atomic E-state index is -0.0138. The first kappa shape index (κ1) is 13.9. The summed E-state index contributed by atoms with van der Waals surface area (Å²) in [6.45, 7) is 2.48. The summed E-state index contributed by atoms with van der Waals surface area (Å²) in [6, 6.07) is 4.96. The Labute approximate surface area is 148 Å². The molecular formula is C21H25NO3. The van der Waals surface area contributed by atoms with Crippen LogP contribution in [-0.4, -0.2) is 49.0 Å². The first-order valence-electron chi connectivity index (χ1n) is 10.1. The molecule has 1 aromatic rings. The fourth-order valence-corrected chi connectivity index (χ4v) is 7.19. The Kier molecular flexibility index (Phi) is 2.32. The van der Waals surface area contributed by atoms with Crippen LogP contribution in [0.15, 0.2) is 12.1 Å². The molecule has 7 rings (SSSR count). The van der Waals surface area contributed by atoms with Gasteiger partial charge in [-0.2, -0.15) is 0 Å². The Morgan fingerprint density at radius 3 is 3.00 bits per heavy atom. The highest BCUT2D eigenvalue weighted by Crippen LogP contribution is 2.71. The highest BCUT2D eigenvalue weighted by Gasteiger charge is 2.79. The van der Waals surface area contributed by atoms with Crippen molar-refractivity contribution < 1.29 is 14.2 Å². The van der Waals surface area contributed by atoms with E-state index in [1.54, 1.807) is 7.11 Å². The molecule has 2 spiro atoms.